The molecule has 118 valence electrons. The summed E-state index contributed by atoms with van der Waals surface area (Å²) >= 11 is 1.50. The first-order valence-electron chi connectivity index (χ1n) is 7.13. The number of nitrogens with zero attached hydrogens (tertiary/aromatic N) is 2. The van der Waals surface area contributed by atoms with Crippen molar-refractivity contribution < 1.29 is 13.9 Å². The highest BCUT2D eigenvalue weighted by molar-refractivity contribution is 7.13. The van der Waals surface area contributed by atoms with Crippen LogP contribution in [0.4, 0.5) is 6.01 Å². The molecule has 0 aliphatic heterocycles. The van der Waals surface area contributed by atoms with E-state index in [9.17, 15) is 4.79 Å². The molecule has 23 heavy (non-hydrogen) atoms. The Morgan fingerprint density at radius 2 is 2.09 bits per heavy atom. The molecule has 0 radical (unpaired) electrons. The monoisotopic (exact) mass is 329 g/mol. The van der Waals surface area contributed by atoms with Crippen molar-refractivity contribution >= 4 is 23.3 Å². The zero-order valence-corrected chi connectivity index (χ0v) is 13.3. The maximum Gasteiger partial charge on any atom is 0.322 e. The van der Waals surface area contributed by atoms with Crippen molar-refractivity contribution in [3.8, 4) is 16.5 Å². The minimum Gasteiger partial charge on any atom is -0.494 e. The van der Waals surface area contributed by atoms with E-state index in [2.05, 4.69) is 15.5 Å². The number of ether oxygens (including phenoxy) is 1. The summed E-state index contributed by atoms with van der Waals surface area (Å²) < 4.78 is 10.8. The van der Waals surface area contributed by atoms with E-state index in [-0.39, 0.29) is 18.3 Å². The van der Waals surface area contributed by atoms with Gasteiger partial charge in [0.2, 0.25) is 5.91 Å². The summed E-state index contributed by atoms with van der Waals surface area (Å²) in [4.78, 5) is 12.9. The molecule has 0 saturated heterocycles. The summed E-state index contributed by atoms with van der Waals surface area (Å²) in [6.07, 6.45) is 0.225. The lowest BCUT2D eigenvalue weighted by atomic mass is 10.1. The van der Waals surface area contributed by atoms with Gasteiger partial charge in [0, 0.05) is 0 Å². The van der Waals surface area contributed by atoms with E-state index in [4.69, 9.17) is 9.15 Å². The summed E-state index contributed by atoms with van der Waals surface area (Å²) in [5.74, 6) is 0.973. The van der Waals surface area contributed by atoms with Crippen LogP contribution in [0.3, 0.4) is 0 Å². The molecule has 2 aromatic heterocycles. The number of anilines is 1. The predicted molar refractivity (Wildman–Crippen MR) is 87.6 cm³/mol. The van der Waals surface area contributed by atoms with Gasteiger partial charge in [-0.2, -0.15) is 0 Å². The van der Waals surface area contributed by atoms with Crippen LogP contribution in [0, 0.1) is 0 Å². The third kappa shape index (κ3) is 3.95. The van der Waals surface area contributed by atoms with Crippen LogP contribution in [-0.4, -0.2) is 22.7 Å². The van der Waals surface area contributed by atoms with E-state index in [0.717, 1.165) is 16.2 Å². The smallest absolute Gasteiger partial charge is 0.322 e. The van der Waals surface area contributed by atoms with Gasteiger partial charge in [-0.3, -0.25) is 10.1 Å². The molecule has 0 spiro atoms. The van der Waals surface area contributed by atoms with Crippen LogP contribution in [0.25, 0.3) is 10.8 Å². The van der Waals surface area contributed by atoms with Gasteiger partial charge in [-0.15, -0.1) is 16.4 Å². The highest BCUT2D eigenvalue weighted by atomic mass is 32.1. The topological polar surface area (TPSA) is 77.2 Å². The molecule has 3 aromatic rings. The Bertz CT molecular complexity index is 766. The molecule has 0 fully saturated rings. The fraction of sp³-hybridized carbons (Fsp3) is 0.188. The molecule has 2 heterocycles. The molecule has 3 rings (SSSR count). The minimum atomic E-state index is -0.212. The maximum absolute atomic E-state index is 12.0. The van der Waals surface area contributed by atoms with E-state index in [1.165, 1.54) is 11.3 Å². The van der Waals surface area contributed by atoms with Gasteiger partial charge in [0.25, 0.3) is 5.89 Å². The number of thiophene rings is 1. The molecule has 0 aliphatic carbocycles. The van der Waals surface area contributed by atoms with Gasteiger partial charge in [0.15, 0.2) is 0 Å². The Balaban J connectivity index is 1.59. The second-order valence-electron chi connectivity index (χ2n) is 4.69. The van der Waals surface area contributed by atoms with Gasteiger partial charge in [-0.05, 0) is 36.1 Å². The van der Waals surface area contributed by atoms with Gasteiger partial charge in [0.05, 0.1) is 17.9 Å². The third-order valence-electron chi connectivity index (χ3n) is 3.00. The van der Waals surface area contributed by atoms with Crippen molar-refractivity contribution in [1.29, 1.82) is 0 Å². The van der Waals surface area contributed by atoms with Gasteiger partial charge in [0.1, 0.15) is 5.75 Å². The molecular formula is C16H15N3O3S. The van der Waals surface area contributed by atoms with E-state index >= 15 is 0 Å². The molecule has 1 aromatic carbocycles. The van der Waals surface area contributed by atoms with Crippen molar-refractivity contribution in [2.45, 2.75) is 13.3 Å². The van der Waals surface area contributed by atoms with Crippen molar-refractivity contribution in [2.24, 2.45) is 0 Å². The lowest BCUT2D eigenvalue weighted by Gasteiger charge is -2.04. The number of carbonyl (C=O) groups excluding carboxylic acids is 1. The maximum atomic E-state index is 12.0. The lowest BCUT2D eigenvalue weighted by molar-refractivity contribution is -0.115. The Morgan fingerprint density at radius 1 is 1.26 bits per heavy atom. The molecule has 0 unspecified atom stereocenters. The largest absolute Gasteiger partial charge is 0.494 e. The van der Waals surface area contributed by atoms with Crippen molar-refractivity contribution in [3.05, 3.63) is 47.3 Å². The quantitative estimate of drug-likeness (QED) is 0.750. The van der Waals surface area contributed by atoms with E-state index in [1.807, 2.05) is 48.7 Å². The number of aromatic nitrogens is 2. The van der Waals surface area contributed by atoms with Crippen LogP contribution in [-0.2, 0) is 11.2 Å². The fourth-order valence-electron chi connectivity index (χ4n) is 1.99. The molecular weight excluding hydrogens is 314 g/mol. The van der Waals surface area contributed by atoms with Crippen LogP contribution in [0.15, 0.2) is 46.2 Å². The van der Waals surface area contributed by atoms with Crippen LogP contribution >= 0.6 is 11.3 Å². The Morgan fingerprint density at radius 3 is 2.78 bits per heavy atom. The highest BCUT2D eigenvalue weighted by Crippen LogP contribution is 2.24. The van der Waals surface area contributed by atoms with Crippen molar-refractivity contribution in [1.82, 2.24) is 10.2 Å². The Hall–Kier alpha value is -2.67. The Kier molecular flexibility index (Phi) is 4.68. The van der Waals surface area contributed by atoms with Crippen LogP contribution in [0.2, 0.25) is 0 Å². The zero-order chi connectivity index (χ0) is 16.1. The number of benzene rings is 1. The Labute approximate surface area is 137 Å². The summed E-state index contributed by atoms with van der Waals surface area (Å²) in [5, 5.41) is 12.3. The molecule has 6 nitrogen and oxygen atoms in total. The predicted octanol–water partition coefficient (Wildman–Crippen LogP) is 3.38. The number of carbonyl (C=O) groups is 1. The summed E-state index contributed by atoms with van der Waals surface area (Å²) in [6.45, 7) is 2.54. The van der Waals surface area contributed by atoms with Gasteiger partial charge >= 0.3 is 6.01 Å². The van der Waals surface area contributed by atoms with E-state index in [0.29, 0.717) is 12.5 Å². The lowest BCUT2D eigenvalue weighted by Crippen LogP contribution is -2.14. The van der Waals surface area contributed by atoms with Crippen molar-refractivity contribution in [2.75, 3.05) is 11.9 Å². The first kappa shape index (κ1) is 15.2. The molecule has 1 amide bonds. The second kappa shape index (κ2) is 7.06. The number of hydrogen-bond acceptors (Lipinski definition) is 6. The van der Waals surface area contributed by atoms with Crippen LogP contribution in [0.1, 0.15) is 12.5 Å². The van der Waals surface area contributed by atoms with Gasteiger partial charge < -0.3 is 9.15 Å². The van der Waals surface area contributed by atoms with Crippen LogP contribution < -0.4 is 10.1 Å². The number of nitrogens with one attached hydrogen (secondary N) is 1. The second-order valence-corrected chi connectivity index (χ2v) is 5.64. The summed E-state index contributed by atoms with van der Waals surface area (Å²) in [5.41, 5.74) is 0.879. The first-order valence-corrected chi connectivity index (χ1v) is 8.01. The molecule has 0 aliphatic rings. The normalized spacial score (nSPS) is 10.5. The third-order valence-corrected chi connectivity index (χ3v) is 3.86. The SMILES string of the molecule is CCOc1ccc(CC(=O)Nc2nnc(-c3cccs3)o2)cc1. The van der Waals surface area contributed by atoms with Gasteiger partial charge in [-0.1, -0.05) is 23.3 Å². The molecule has 0 bridgehead atoms. The summed E-state index contributed by atoms with van der Waals surface area (Å²) in [7, 11) is 0. The van der Waals surface area contributed by atoms with E-state index in [1.54, 1.807) is 0 Å². The number of hydrogen-bond donors (Lipinski definition) is 1. The standard InChI is InChI=1S/C16H15N3O3S/c1-2-21-12-7-5-11(6-8-12)10-14(20)17-16-19-18-15(22-16)13-4-3-9-23-13/h3-9H,2,10H2,1H3,(H,17,19,20). The van der Waals surface area contributed by atoms with E-state index < -0.39 is 0 Å². The van der Waals surface area contributed by atoms with Gasteiger partial charge in [-0.25, -0.2) is 0 Å². The molecule has 1 N–H and O–H groups in total. The molecule has 0 atom stereocenters. The van der Waals surface area contributed by atoms with Crippen LogP contribution in [0.5, 0.6) is 5.75 Å². The zero-order valence-electron chi connectivity index (χ0n) is 12.5. The first-order chi connectivity index (χ1) is 11.2. The average molecular weight is 329 g/mol. The minimum absolute atomic E-state index is 0.101. The number of rotatable bonds is 6. The highest BCUT2D eigenvalue weighted by Gasteiger charge is 2.12. The number of amides is 1. The molecule has 0 saturated carbocycles. The fourth-order valence-corrected chi connectivity index (χ4v) is 2.64. The van der Waals surface area contributed by atoms with Crippen molar-refractivity contribution in [3.63, 3.8) is 0 Å². The molecule has 7 heteroatoms. The summed E-state index contributed by atoms with van der Waals surface area (Å²) in [6, 6.07) is 11.3. The average Bonchev–Trinajstić information content (AvgIpc) is 3.20.